The summed E-state index contributed by atoms with van der Waals surface area (Å²) in [6.07, 6.45) is 0. The van der Waals surface area contributed by atoms with E-state index in [1.165, 1.54) is 53.2 Å². The van der Waals surface area contributed by atoms with Crippen LogP contribution in [0.15, 0.2) is 180 Å². The van der Waals surface area contributed by atoms with Crippen LogP contribution in [0.1, 0.15) is 0 Å². The summed E-state index contributed by atoms with van der Waals surface area (Å²) >= 11 is 1.85. The minimum absolute atomic E-state index is 0.887. The molecule has 0 aliphatic carbocycles. The van der Waals surface area contributed by atoms with E-state index < -0.39 is 0 Å². The monoisotopic (exact) mass is 643 g/mol. The molecule has 49 heavy (non-hydrogen) atoms. The van der Waals surface area contributed by atoms with Gasteiger partial charge in [0, 0.05) is 47.9 Å². The average Bonchev–Trinajstić information content (AvgIpc) is 3.73. The Kier molecular flexibility index (Phi) is 6.39. The first kappa shape index (κ1) is 27.9. The van der Waals surface area contributed by atoms with Crippen molar-refractivity contribution in [2.75, 3.05) is 4.90 Å². The van der Waals surface area contributed by atoms with E-state index >= 15 is 0 Å². The number of fused-ring (bicyclic) bond motifs is 7. The molecule has 2 nitrogen and oxygen atoms in total. The van der Waals surface area contributed by atoms with Crippen molar-refractivity contribution in [1.29, 1.82) is 0 Å². The number of rotatable bonds is 5. The van der Waals surface area contributed by atoms with Crippen molar-refractivity contribution in [1.82, 2.24) is 0 Å². The van der Waals surface area contributed by atoms with E-state index in [2.05, 4.69) is 169 Å². The smallest absolute Gasteiger partial charge is 0.135 e. The number of hydrogen-bond donors (Lipinski definition) is 0. The normalized spacial score (nSPS) is 11.7. The zero-order valence-electron chi connectivity index (χ0n) is 26.5. The zero-order valence-corrected chi connectivity index (χ0v) is 27.3. The molecular formula is C46H29NOS. The Morgan fingerprint density at radius 2 is 1.06 bits per heavy atom. The predicted molar refractivity (Wildman–Crippen MR) is 210 cm³/mol. The van der Waals surface area contributed by atoms with Gasteiger partial charge in [0.15, 0.2) is 0 Å². The van der Waals surface area contributed by atoms with Gasteiger partial charge in [0.2, 0.25) is 0 Å². The van der Waals surface area contributed by atoms with Gasteiger partial charge in [-0.2, -0.15) is 0 Å². The van der Waals surface area contributed by atoms with Crippen LogP contribution < -0.4 is 4.90 Å². The van der Waals surface area contributed by atoms with Gasteiger partial charge in [-0.3, -0.25) is 0 Å². The third-order valence-electron chi connectivity index (χ3n) is 9.66. The molecule has 2 heterocycles. The Bertz CT molecular complexity index is 2850. The van der Waals surface area contributed by atoms with Crippen LogP contribution in [0.2, 0.25) is 0 Å². The molecule has 10 rings (SSSR count). The summed E-state index contributed by atoms with van der Waals surface area (Å²) in [5.74, 6) is 0. The SMILES string of the molecule is c1cc(-c2cccc3ccccc23)cc(N(c2ccc3oc4ccccc4c3c2)c2ccccc2-c2ccc3sc4ccccc4c3c2)c1. The molecule has 3 heteroatoms. The molecule has 0 saturated carbocycles. The number of para-hydroxylation sites is 2. The van der Waals surface area contributed by atoms with Gasteiger partial charge in [0.05, 0.1) is 5.69 Å². The van der Waals surface area contributed by atoms with Gasteiger partial charge in [0.25, 0.3) is 0 Å². The van der Waals surface area contributed by atoms with Crippen molar-refractivity contribution in [3.05, 3.63) is 176 Å². The second-order valence-corrected chi connectivity index (χ2v) is 13.6. The van der Waals surface area contributed by atoms with Crippen LogP contribution in [0, 0.1) is 0 Å². The van der Waals surface area contributed by atoms with E-state index in [-0.39, 0.29) is 0 Å². The van der Waals surface area contributed by atoms with Gasteiger partial charge in [0.1, 0.15) is 11.2 Å². The highest BCUT2D eigenvalue weighted by Crippen LogP contribution is 2.45. The molecule has 0 radical (unpaired) electrons. The van der Waals surface area contributed by atoms with Crippen molar-refractivity contribution in [2.24, 2.45) is 0 Å². The molecule has 10 aromatic rings. The molecule has 0 amide bonds. The Labute approximate surface area is 287 Å². The fourth-order valence-electron chi connectivity index (χ4n) is 7.38. The van der Waals surface area contributed by atoms with E-state index in [0.717, 1.165) is 39.0 Å². The molecule has 0 atom stereocenters. The molecule has 0 fully saturated rings. The van der Waals surface area contributed by atoms with Gasteiger partial charge < -0.3 is 9.32 Å². The fourth-order valence-corrected chi connectivity index (χ4v) is 8.46. The summed E-state index contributed by atoms with van der Waals surface area (Å²) in [6, 6.07) is 63.4. The predicted octanol–water partition coefficient (Wildman–Crippen LogP) is 13.9. The summed E-state index contributed by atoms with van der Waals surface area (Å²) in [5.41, 5.74) is 9.83. The summed E-state index contributed by atoms with van der Waals surface area (Å²) in [5, 5.41) is 7.30. The second-order valence-electron chi connectivity index (χ2n) is 12.5. The van der Waals surface area contributed by atoms with E-state index in [1.54, 1.807) is 0 Å². The minimum atomic E-state index is 0.887. The quantitative estimate of drug-likeness (QED) is 0.186. The van der Waals surface area contributed by atoms with Crippen LogP contribution in [0.4, 0.5) is 17.1 Å². The van der Waals surface area contributed by atoms with Gasteiger partial charge in [-0.15, -0.1) is 11.3 Å². The standard InChI is InChI=1S/C46H29NOS/c1-2-15-35-30(11-1)12-10-19-36(35)31-13-9-14-33(27-31)47(34-24-25-44-40(29-34)38-17-4-7-21-43(38)48-44)42-20-6-3-16-37(42)32-23-26-46-41(28-32)39-18-5-8-22-45(39)49-46/h1-29H. The van der Waals surface area contributed by atoms with Crippen LogP contribution in [0.5, 0.6) is 0 Å². The molecular weight excluding hydrogens is 615 g/mol. The Morgan fingerprint density at radius 3 is 2.02 bits per heavy atom. The first-order valence-corrected chi connectivity index (χ1v) is 17.4. The lowest BCUT2D eigenvalue weighted by atomic mass is 9.97. The van der Waals surface area contributed by atoms with Crippen LogP contribution in [-0.4, -0.2) is 0 Å². The van der Waals surface area contributed by atoms with E-state index in [1.807, 2.05) is 23.5 Å². The van der Waals surface area contributed by atoms with Crippen LogP contribution in [0.3, 0.4) is 0 Å². The van der Waals surface area contributed by atoms with Crippen molar-refractivity contribution in [2.45, 2.75) is 0 Å². The minimum Gasteiger partial charge on any atom is -0.456 e. The lowest BCUT2D eigenvalue weighted by Gasteiger charge is -2.28. The third-order valence-corrected chi connectivity index (χ3v) is 10.8. The molecule has 8 aromatic carbocycles. The zero-order chi connectivity index (χ0) is 32.3. The van der Waals surface area contributed by atoms with Crippen LogP contribution in [0.25, 0.3) is 75.1 Å². The molecule has 0 saturated heterocycles. The number of anilines is 3. The van der Waals surface area contributed by atoms with E-state index in [4.69, 9.17) is 4.42 Å². The molecule has 0 aliphatic heterocycles. The van der Waals surface area contributed by atoms with E-state index in [0.29, 0.717) is 0 Å². The first-order valence-electron chi connectivity index (χ1n) is 16.6. The largest absolute Gasteiger partial charge is 0.456 e. The maximum Gasteiger partial charge on any atom is 0.135 e. The number of furan rings is 1. The number of nitrogens with zero attached hydrogens (tertiary/aromatic N) is 1. The highest BCUT2D eigenvalue weighted by atomic mass is 32.1. The summed E-state index contributed by atoms with van der Waals surface area (Å²) in [7, 11) is 0. The number of benzene rings is 8. The maximum atomic E-state index is 6.26. The van der Waals surface area contributed by atoms with Crippen molar-refractivity contribution < 1.29 is 4.42 Å². The Morgan fingerprint density at radius 1 is 0.388 bits per heavy atom. The van der Waals surface area contributed by atoms with E-state index in [9.17, 15) is 0 Å². The number of thiophene rings is 1. The topological polar surface area (TPSA) is 16.4 Å². The molecule has 0 spiro atoms. The van der Waals surface area contributed by atoms with Gasteiger partial charge in [-0.05, 0) is 88.1 Å². The molecule has 0 N–H and O–H groups in total. The average molecular weight is 644 g/mol. The van der Waals surface area contributed by atoms with Crippen molar-refractivity contribution in [3.8, 4) is 22.3 Å². The maximum absolute atomic E-state index is 6.26. The lowest BCUT2D eigenvalue weighted by molar-refractivity contribution is 0.669. The molecule has 0 aliphatic rings. The van der Waals surface area contributed by atoms with Crippen molar-refractivity contribution in [3.63, 3.8) is 0 Å². The van der Waals surface area contributed by atoms with Gasteiger partial charge in [-0.25, -0.2) is 0 Å². The van der Waals surface area contributed by atoms with Crippen LogP contribution >= 0.6 is 11.3 Å². The highest BCUT2D eigenvalue weighted by molar-refractivity contribution is 7.25. The van der Waals surface area contributed by atoms with Gasteiger partial charge >= 0.3 is 0 Å². The number of hydrogen-bond acceptors (Lipinski definition) is 3. The first-order chi connectivity index (χ1) is 24.3. The summed E-state index contributed by atoms with van der Waals surface area (Å²) in [4.78, 5) is 2.40. The second kappa shape index (κ2) is 11.2. The third kappa shape index (κ3) is 4.62. The Balaban J connectivity index is 1.21. The lowest BCUT2D eigenvalue weighted by Crippen LogP contribution is -2.11. The molecule has 0 bridgehead atoms. The molecule has 2 aromatic heterocycles. The molecule has 230 valence electrons. The summed E-state index contributed by atoms with van der Waals surface area (Å²) < 4.78 is 8.88. The van der Waals surface area contributed by atoms with Gasteiger partial charge in [-0.1, -0.05) is 115 Å². The Hall–Kier alpha value is -6.16. The summed E-state index contributed by atoms with van der Waals surface area (Å²) in [6.45, 7) is 0. The fraction of sp³-hybridized carbons (Fsp3) is 0. The highest BCUT2D eigenvalue weighted by Gasteiger charge is 2.20. The van der Waals surface area contributed by atoms with Crippen molar-refractivity contribution >= 4 is 81.3 Å². The molecule has 0 unspecified atom stereocenters. The van der Waals surface area contributed by atoms with Crippen LogP contribution in [-0.2, 0) is 0 Å².